The van der Waals surface area contributed by atoms with E-state index < -0.39 is 5.97 Å². The fourth-order valence-corrected chi connectivity index (χ4v) is 2.40. The van der Waals surface area contributed by atoms with Gasteiger partial charge in [-0.3, -0.25) is 0 Å². The summed E-state index contributed by atoms with van der Waals surface area (Å²) in [5, 5.41) is 17.2. The van der Waals surface area contributed by atoms with Crippen LogP contribution in [0, 0.1) is 11.8 Å². The molecule has 132 valence electrons. The number of aliphatic hydroxyl groups excluding tert-OH is 1. The van der Waals surface area contributed by atoms with Crippen molar-refractivity contribution >= 4 is 5.97 Å². The van der Waals surface area contributed by atoms with Gasteiger partial charge in [0.1, 0.15) is 5.75 Å². The van der Waals surface area contributed by atoms with Gasteiger partial charge in [-0.2, -0.15) is 0 Å². The fraction of sp³-hybridized carbons (Fsp3) is 0.550. The molecule has 0 spiro atoms. The first-order valence-corrected chi connectivity index (χ1v) is 8.81. The Morgan fingerprint density at radius 1 is 0.875 bits per heavy atom. The lowest BCUT2D eigenvalue weighted by atomic mass is 10.1. The Kier molecular flexibility index (Phi) is 11.2. The van der Waals surface area contributed by atoms with E-state index in [0.29, 0.717) is 18.8 Å². The van der Waals surface area contributed by atoms with E-state index in [1.165, 1.54) is 38.5 Å². The zero-order valence-corrected chi connectivity index (χ0v) is 14.3. The maximum absolute atomic E-state index is 10.4. The molecule has 0 atom stereocenters. The molecule has 0 aromatic heterocycles. The molecule has 0 amide bonds. The summed E-state index contributed by atoms with van der Waals surface area (Å²) < 4.78 is 5.67. The molecule has 1 aromatic carbocycles. The van der Waals surface area contributed by atoms with Crippen LogP contribution in [0.3, 0.4) is 0 Å². The van der Waals surface area contributed by atoms with E-state index in [2.05, 4.69) is 11.8 Å². The third-order valence-electron chi connectivity index (χ3n) is 3.74. The number of unbranched alkanes of at least 4 members (excludes halogenated alkanes) is 8. The monoisotopic (exact) mass is 332 g/mol. The molecular weight excluding hydrogens is 304 g/mol. The molecule has 1 rings (SSSR count). The Hall–Kier alpha value is -1.99. The van der Waals surface area contributed by atoms with E-state index in [0.717, 1.165) is 25.0 Å². The summed E-state index contributed by atoms with van der Waals surface area (Å²) in [4.78, 5) is 10.4. The van der Waals surface area contributed by atoms with Gasteiger partial charge in [-0.05, 0) is 37.1 Å². The zero-order valence-electron chi connectivity index (χ0n) is 14.3. The van der Waals surface area contributed by atoms with E-state index in [9.17, 15) is 4.79 Å². The third-order valence-corrected chi connectivity index (χ3v) is 3.74. The molecule has 0 unspecified atom stereocenters. The van der Waals surface area contributed by atoms with E-state index in [4.69, 9.17) is 14.9 Å². The van der Waals surface area contributed by atoms with Crippen molar-refractivity contribution in [3.8, 4) is 17.6 Å². The van der Waals surface area contributed by atoms with Crippen molar-refractivity contribution in [1.29, 1.82) is 0 Å². The number of carboxylic acid groups (broad SMARTS) is 1. The molecule has 4 nitrogen and oxygen atoms in total. The van der Waals surface area contributed by atoms with Crippen LogP contribution in [0.1, 0.15) is 63.4 Å². The minimum atomic E-state index is -1.12. The molecule has 0 aliphatic heterocycles. The van der Waals surface area contributed by atoms with Gasteiger partial charge in [-0.25, -0.2) is 4.79 Å². The molecule has 0 bridgehead atoms. The lowest BCUT2D eigenvalue weighted by Crippen LogP contribution is -1.97. The Balaban J connectivity index is 2.01. The highest BCUT2D eigenvalue weighted by molar-refractivity contribution is 5.87. The first kappa shape index (κ1) is 20.1. The number of benzene rings is 1. The largest absolute Gasteiger partial charge is 0.494 e. The molecule has 0 saturated heterocycles. The van der Waals surface area contributed by atoms with Crippen LogP contribution in [0.5, 0.6) is 5.75 Å². The molecule has 0 fully saturated rings. The summed E-state index contributed by atoms with van der Waals surface area (Å²) in [5.74, 6) is 4.32. The van der Waals surface area contributed by atoms with Gasteiger partial charge in [0.2, 0.25) is 0 Å². The van der Waals surface area contributed by atoms with Gasteiger partial charge in [0.05, 0.1) is 6.61 Å². The Labute approximate surface area is 144 Å². The normalized spacial score (nSPS) is 10.0. The molecule has 2 N–H and O–H groups in total. The van der Waals surface area contributed by atoms with Crippen LogP contribution in [-0.2, 0) is 4.79 Å². The second-order valence-electron chi connectivity index (χ2n) is 5.83. The van der Waals surface area contributed by atoms with Crippen LogP contribution in [-0.4, -0.2) is 29.4 Å². The van der Waals surface area contributed by atoms with E-state index in [-0.39, 0.29) is 0 Å². The lowest BCUT2D eigenvalue weighted by Gasteiger charge is -2.06. The molecular formula is C20H28O4. The number of hydrogen-bond acceptors (Lipinski definition) is 3. The van der Waals surface area contributed by atoms with Crippen molar-refractivity contribution < 1.29 is 19.7 Å². The molecule has 24 heavy (non-hydrogen) atoms. The predicted molar refractivity (Wildman–Crippen MR) is 95.1 cm³/mol. The van der Waals surface area contributed by atoms with Gasteiger partial charge < -0.3 is 14.9 Å². The van der Waals surface area contributed by atoms with Crippen LogP contribution in [0.2, 0.25) is 0 Å². The van der Waals surface area contributed by atoms with Gasteiger partial charge >= 0.3 is 5.97 Å². The number of rotatable bonds is 12. The average Bonchev–Trinajstić information content (AvgIpc) is 2.59. The minimum Gasteiger partial charge on any atom is -0.494 e. The number of ether oxygens (including phenoxy) is 1. The Morgan fingerprint density at radius 2 is 1.42 bits per heavy atom. The molecule has 0 saturated carbocycles. The van der Waals surface area contributed by atoms with Crippen LogP contribution in [0.4, 0.5) is 0 Å². The highest BCUT2D eigenvalue weighted by Gasteiger charge is 1.96. The third kappa shape index (κ3) is 10.7. The van der Waals surface area contributed by atoms with Crippen molar-refractivity contribution in [3.63, 3.8) is 0 Å². The van der Waals surface area contributed by atoms with Crippen LogP contribution < -0.4 is 4.74 Å². The van der Waals surface area contributed by atoms with Crippen LogP contribution in [0.25, 0.3) is 0 Å². The van der Waals surface area contributed by atoms with Gasteiger partial charge in [-0.1, -0.05) is 50.9 Å². The molecule has 4 heteroatoms. The van der Waals surface area contributed by atoms with Gasteiger partial charge in [-0.15, -0.1) is 0 Å². The van der Waals surface area contributed by atoms with Crippen molar-refractivity contribution in [2.24, 2.45) is 0 Å². The number of carboxylic acids is 1. The summed E-state index contributed by atoms with van der Waals surface area (Å²) in [6.07, 6.45) is 10.6. The molecule has 0 aliphatic carbocycles. The van der Waals surface area contributed by atoms with E-state index in [1.807, 2.05) is 12.1 Å². The smallest absolute Gasteiger partial charge is 0.382 e. The molecule has 0 heterocycles. The fourth-order valence-electron chi connectivity index (χ4n) is 2.40. The minimum absolute atomic E-state index is 0.318. The second kappa shape index (κ2) is 13.4. The van der Waals surface area contributed by atoms with Crippen molar-refractivity contribution in [2.75, 3.05) is 13.2 Å². The summed E-state index contributed by atoms with van der Waals surface area (Å²) in [6.45, 7) is 1.02. The maximum Gasteiger partial charge on any atom is 0.382 e. The van der Waals surface area contributed by atoms with Crippen molar-refractivity contribution in [1.82, 2.24) is 0 Å². The quantitative estimate of drug-likeness (QED) is 0.448. The van der Waals surface area contributed by atoms with E-state index >= 15 is 0 Å². The van der Waals surface area contributed by atoms with Gasteiger partial charge in [0.25, 0.3) is 0 Å². The first-order chi connectivity index (χ1) is 11.7. The SMILES string of the molecule is O=C(O)C#Cc1ccc(OCCCCCCCCCCCO)cc1. The highest BCUT2D eigenvalue weighted by Crippen LogP contribution is 2.13. The average molecular weight is 332 g/mol. The topological polar surface area (TPSA) is 66.8 Å². The van der Waals surface area contributed by atoms with Gasteiger partial charge in [0.15, 0.2) is 0 Å². The number of aliphatic hydroxyl groups is 1. The molecule has 0 radical (unpaired) electrons. The number of carbonyl (C=O) groups is 1. The standard InChI is InChI=1S/C20H28O4/c21-16-8-6-4-2-1-3-5-7-9-17-24-19-13-10-18(11-14-19)12-15-20(22)23/h10-11,13-14,21H,1-9,16-17H2,(H,22,23). The van der Waals surface area contributed by atoms with Crippen molar-refractivity contribution in [2.45, 2.75) is 57.8 Å². The Bertz CT molecular complexity index is 511. The van der Waals surface area contributed by atoms with Crippen molar-refractivity contribution in [3.05, 3.63) is 29.8 Å². The zero-order chi connectivity index (χ0) is 17.5. The van der Waals surface area contributed by atoms with Crippen LogP contribution >= 0.6 is 0 Å². The van der Waals surface area contributed by atoms with Crippen LogP contribution in [0.15, 0.2) is 24.3 Å². The highest BCUT2D eigenvalue weighted by atomic mass is 16.5. The molecule has 0 aliphatic rings. The summed E-state index contributed by atoms with van der Waals surface area (Å²) in [7, 11) is 0. The van der Waals surface area contributed by atoms with Gasteiger partial charge in [0, 0.05) is 18.1 Å². The lowest BCUT2D eigenvalue weighted by molar-refractivity contribution is -0.130. The first-order valence-electron chi connectivity index (χ1n) is 8.81. The number of aliphatic carboxylic acids is 1. The summed E-state index contributed by atoms with van der Waals surface area (Å²) in [6, 6.07) is 7.17. The summed E-state index contributed by atoms with van der Waals surface area (Å²) in [5.41, 5.74) is 0.670. The predicted octanol–water partition coefficient (Wildman–Crippen LogP) is 4.00. The van der Waals surface area contributed by atoms with E-state index in [1.54, 1.807) is 12.1 Å². The maximum atomic E-state index is 10.4. The second-order valence-corrected chi connectivity index (χ2v) is 5.83. The Morgan fingerprint density at radius 3 is 1.96 bits per heavy atom. The molecule has 1 aromatic rings. The number of hydrogen-bond donors (Lipinski definition) is 2. The summed E-state index contributed by atoms with van der Waals surface area (Å²) >= 11 is 0.